The van der Waals surface area contributed by atoms with Crippen LogP contribution in [0, 0.1) is 5.41 Å². The number of nitrogens with zero attached hydrogens (tertiary/aromatic N) is 1. The van der Waals surface area contributed by atoms with Crippen molar-refractivity contribution in [2.75, 3.05) is 15.4 Å². The Hall–Kier alpha value is 0.930. The zero-order chi connectivity index (χ0) is 10.1. The SMILES string of the molecule is CC1(C)CC(CI)N(CCI)C1=O. The standard InChI is InChI=1S/C9H15I2NO/c1-9(2)5-7(6-11)12(4-3-10)8(9)13/h7H,3-6H2,1-2H3. The smallest absolute Gasteiger partial charge is 0.228 e. The first-order valence-electron chi connectivity index (χ1n) is 4.46. The topological polar surface area (TPSA) is 20.3 Å². The molecule has 0 spiro atoms. The van der Waals surface area contributed by atoms with Gasteiger partial charge in [0.05, 0.1) is 0 Å². The van der Waals surface area contributed by atoms with E-state index in [2.05, 4.69) is 63.9 Å². The van der Waals surface area contributed by atoms with Gasteiger partial charge in [-0.05, 0) is 6.42 Å². The van der Waals surface area contributed by atoms with Crippen LogP contribution in [0.4, 0.5) is 0 Å². The number of carbonyl (C=O) groups excluding carboxylic acids is 1. The number of carbonyl (C=O) groups is 1. The van der Waals surface area contributed by atoms with Gasteiger partial charge in [-0.2, -0.15) is 0 Å². The van der Waals surface area contributed by atoms with Crippen molar-refractivity contribution in [2.45, 2.75) is 26.3 Å². The van der Waals surface area contributed by atoms with Gasteiger partial charge in [-0.15, -0.1) is 0 Å². The van der Waals surface area contributed by atoms with Crippen LogP contribution in [0.3, 0.4) is 0 Å². The maximum Gasteiger partial charge on any atom is 0.228 e. The van der Waals surface area contributed by atoms with Gasteiger partial charge in [0.15, 0.2) is 0 Å². The van der Waals surface area contributed by atoms with Crippen LogP contribution >= 0.6 is 45.2 Å². The van der Waals surface area contributed by atoms with E-state index >= 15 is 0 Å². The molecule has 1 unspecified atom stereocenters. The summed E-state index contributed by atoms with van der Waals surface area (Å²) in [4.78, 5) is 14.0. The normalized spacial score (nSPS) is 26.9. The van der Waals surface area contributed by atoms with Crippen molar-refractivity contribution in [1.29, 1.82) is 0 Å². The molecule has 1 fully saturated rings. The van der Waals surface area contributed by atoms with Crippen LogP contribution in [0.2, 0.25) is 0 Å². The van der Waals surface area contributed by atoms with Gasteiger partial charge in [0.2, 0.25) is 5.91 Å². The van der Waals surface area contributed by atoms with E-state index in [1.54, 1.807) is 0 Å². The third-order valence-electron chi connectivity index (χ3n) is 2.53. The number of amides is 1. The van der Waals surface area contributed by atoms with Crippen molar-refractivity contribution in [2.24, 2.45) is 5.41 Å². The molecule has 0 bridgehead atoms. The summed E-state index contributed by atoms with van der Waals surface area (Å²) in [6.07, 6.45) is 1.02. The van der Waals surface area contributed by atoms with Crippen molar-refractivity contribution < 1.29 is 4.79 Å². The molecule has 0 radical (unpaired) electrons. The minimum absolute atomic E-state index is 0.123. The highest BCUT2D eigenvalue weighted by Crippen LogP contribution is 2.35. The Morgan fingerprint density at radius 1 is 1.54 bits per heavy atom. The highest BCUT2D eigenvalue weighted by atomic mass is 127. The van der Waals surface area contributed by atoms with E-state index in [0.717, 1.165) is 21.8 Å². The molecule has 1 aliphatic heterocycles. The summed E-state index contributed by atoms with van der Waals surface area (Å²) in [6, 6.07) is 0.470. The summed E-state index contributed by atoms with van der Waals surface area (Å²) in [5.41, 5.74) is -0.123. The maximum atomic E-state index is 11.9. The van der Waals surface area contributed by atoms with Crippen molar-refractivity contribution in [3.63, 3.8) is 0 Å². The monoisotopic (exact) mass is 407 g/mol. The van der Waals surface area contributed by atoms with Gasteiger partial charge < -0.3 is 4.90 Å². The maximum absolute atomic E-state index is 11.9. The van der Waals surface area contributed by atoms with Crippen LogP contribution in [0.15, 0.2) is 0 Å². The Balaban J connectivity index is 2.74. The van der Waals surface area contributed by atoms with Gasteiger partial charge in [0.25, 0.3) is 0 Å². The lowest BCUT2D eigenvalue weighted by Crippen LogP contribution is -2.37. The van der Waals surface area contributed by atoms with Gasteiger partial charge in [-0.3, -0.25) is 4.79 Å². The highest BCUT2D eigenvalue weighted by molar-refractivity contribution is 14.1. The van der Waals surface area contributed by atoms with Crippen LogP contribution in [0.25, 0.3) is 0 Å². The number of rotatable bonds is 3. The van der Waals surface area contributed by atoms with Gasteiger partial charge in [0.1, 0.15) is 0 Å². The minimum atomic E-state index is -0.123. The van der Waals surface area contributed by atoms with E-state index in [0.29, 0.717) is 11.9 Å². The zero-order valence-electron chi connectivity index (χ0n) is 8.02. The summed E-state index contributed by atoms with van der Waals surface area (Å²) in [6.45, 7) is 5.03. The van der Waals surface area contributed by atoms with Gasteiger partial charge in [-0.25, -0.2) is 0 Å². The third kappa shape index (κ3) is 2.49. The molecule has 1 rings (SSSR count). The average Bonchev–Trinajstić information content (AvgIpc) is 2.29. The molecule has 0 aromatic heterocycles. The highest BCUT2D eigenvalue weighted by Gasteiger charge is 2.43. The molecule has 0 saturated carbocycles. The lowest BCUT2D eigenvalue weighted by molar-refractivity contribution is -0.134. The predicted molar refractivity (Wildman–Crippen MR) is 71.7 cm³/mol. The van der Waals surface area contributed by atoms with Crippen LogP contribution in [0.1, 0.15) is 20.3 Å². The number of hydrogen-bond donors (Lipinski definition) is 0. The molecular formula is C9H15I2NO. The van der Waals surface area contributed by atoms with Gasteiger partial charge in [0, 0.05) is 26.9 Å². The molecular weight excluding hydrogens is 392 g/mol. The van der Waals surface area contributed by atoms with Crippen LogP contribution in [0.5, 0.6) is 0 Å². The molecule has 1 aliphatic rings. The molecule has 2 nitrogen and oxygen atoms in total. The number of halogens is 2. The zero-order valence-corrected chi connectivity index (χ0v) is 12.3. The van der Waals surface area contributed by atoms with E-state index < -0.39 is 0 Å². The first kappa shape index (κ1) is 12.0. The van der Waals surface area contributed by atoms with Gasteiger partial charge >= 0.3 is 0 Å². The molecule has 4 heteroatoms. The second-order valence-corrected chi connectivity index (χ2v) is 6.04. The number of likely N-dealkylation sites (tertiary alicyclic amines) is 1. The molecule has 0 aromatic carbocycles. The van der Waals surface area contributed by atoms with Crippen LogP contribution in [-0.4, -0.2) is 32.2 Å². The fourth-order valence-corrected chi connectivity index (χ4v) is 3.16. The second-order valence-electron chi connectivity index (χ2n) is 4.08. The Morgan fingerprint density at radius 3 is 2.62 bits per heavy atom. The van der Waals surface area contributed by atoms with Crippen LogP contribution in [-0.2, 0) is 4.79 Å². The quantitative estimate of drug-likeness (QED) is 0.521. The van der Waals surface area contributed by atoms with E-state index in [1.165, 1.54) is 0 Å². The lowest BCUT2D eigenvalue weighted by atomic mass is 9.90. The predicted octanol–water partition coefficient (Wildman–Crippen LogP) is 2.48. The van der Waals surface area contributed by atoms with Crippen molar-refractivity contribution in [3.8, 4) is 0 Å². The van der Waals surface area contributed by atoms with E-state index in [-0.39, 0.29) is 5.41 Å². The van der Waals surface area contributed by atoms with E-state index in [4.69, 9.17) is 0 Å². The second kappa shape index (κ2) is 4.63. The summed E-state index contributed by atoms with van der Waals surface area (Å²) in [7, 11) is 0. The molecule has 13 heavy (non-hydrogen) atoms. The molecule has 76 valence electrons. The molecule has 1 heterocycles. The largest absolute Gasteiger partial charge is 0.338 e. The Labute approximate surface area is 107 Å². The summed E-state index contributed by atoms with van der Waals surface area (Å²) < 4.78 is 2.09. The molecule has 1 saturated heterocycles. The molecule has 0 N–H and O–H groups in total. The summed E-state index contributed by atoms with van der Waals surface area (Å²) >= 11 is 4.70. The van der Waals surface area contributed by atoms with Crippen LogP contribution < -0.4 is 0 Å². The Kier molecular flexibility index (Phi) is 4.28. The first-order chi connectivity index (χ1) is 6.03. The number of alkyl halides is 2. The fourth-order valence-electron chi connectivity index (χ4n) is 1.85. The minimum Gasteiger partial charge on any atom is -0.338 e. The lowest BCUT2D eigenvalue weighted by Gasteiger charge is -2.22. The third-order valence-corrected chi connectivity index (χ3v) is 4.03. The first-order valence-corrected chi connectivity index (χ1v) is 7.51. The molecule has 0 aliphatic carbocycles. The van der Waals surface area contributed by atoms with Gasteiger partial charge in [-0.1, -0.05) is 59.0 Å². The fraction of sp³-hybridized carbons (Fsp3) is 0.889. The molecule has 1 atom stereocenters. The molecule has 0 aromatic rings. The van der Waals surface area contributed by atoms with Crippen molar-refractivity contribution in [1.82, 2.24) is 4.90 Å². The Bertz CT molecular complexity index is 206. The van der Waals surface area contributed by atoms with E-state index in [9.17, 15) is 4.79 Å². The van der Waals surface area contributed by atoms with Crippen molar-refractivity contribution in [3.05, 3.63) is 0 Å². The number of hydrogen-bond acceptors (Lipinski definition) is 1. The Morgan fingerprint density at radius 2 is 2.15 bits per heavy atom. The average molecular weight is 407 g/mol. The summed E-state index contributed by atoms with van der Waals surface area (Å²) in [5, 5.41) is 0. The summed E-state index contributed by atoms with van der Waals surface area (Å²) in [5.74, 6) is 0.339. The van der Waals surface area contributed by atoms with E-state index in [1.807, 2.05) is 0 Å². The molecule has 1 amide bonds. The van der Waals surface area contributed by atoms with Crippen molar-refractivity contribution >= 4 is 51.1 Å².